The molecule has 2 amide bonds. The van der Waals surface area contributed by atoms with E-state index in [1.165, 1.54) is 0 Å². The molecule has 1 fully saturated rings. The Balaban J connectivity index is 1.70. The summed E-state index contributed by atoms with van der Waals surface area (Å²) in [5.41, 5.74) is 6.86. The van der Waals surface area contributed by atoms with Gasteiger partial charge in [0.05, 0.1) is 25.4 Å². The van der Waals surface area contributed by atoms with Crippen molar-refractivity contribution < 1.29 is 24.2 Å². The van der Waals surface area contributed by atoms with E-state index < -0.39 is 17.9 Å². The number of hydrogen-bond donors (Lipinski definition) is 3. The molecule has 164 valence electrons. The largest absolute Gasteiger partial charge is 0.492 e. The van der Waals surface area contributed by atoms with E-state index in [1.54, 1.807) is 12.0 Å². The Morgan fingerprint density at radius 3 is 2.60 bits per heavy atom. The van der Waals surface area contributed by atoms with E-state index in [0.29, 0.717) is 29.8 Å². The fourth-order valence-electron chi connectivity index (χ4n) is 4.00. The smallest absolute Gasteiger partial charge is 0.259 e. The predicted octanol–water partition coefficient (Wildman–Crippen LogP) is 1.75. The molecular weight excluding hydrogens is 388 g/mol. The second kappa shape index (κ2) is 9.80. The third kappa shape index (κ3) is 4.35. The first kappa shape index (κ1) is 21.9. The summed E-state index contributed by atoms with van der Waals surface area (Å²) in [7, 11) is 1.56. The maximum Gasteiger partial charge on any atom is 0.259 e. The molecule has 1 saturated heterocycles. The van der Waals surface area contributed by atoms with Crippen molar-refractivity contribution in [1.29, 1.82) is 0 Å². The van der Waals surface area contributed by atoms with Crippen LogP contribution < -0.4 is 20.5 Å². The van der Waals surface area contributed by atoms with E-state index in [1.807, 2.05) is 19.1 Å². The molecule has 4 N–H and O–H groups in total. The van der Waals surface area contributed by atoms with Crippen LogP contribution in [0.5, 0.6) is 11.5 Å². The molecule has 2 aliphatic heterocycles. The average Bonchev–Trinajstić information content (AvgIpc) is 3.06. The number of hydrogen-bond acceptors (Lipinski definition) is 7. The van der Waals surface area contributed by atoms with Gasteiger partial charge in [-0.2, -0.15) is 0 Å². The Kier molecular flexibility index (Phi) is 7.15. The second-order valence-electron chi connectivity index (χ2n) is 7.54. The van der Waals surface area contributed by atoms with E-state index in [4.69, 9.17) is 20.3 Å². The summed E-state index contributed by atoms with van der Waals surface area (Å²) in [5, 5.41) is 11.4. The maximum atomic E-state index is 12.2. The average molecular weight is 418 g/mol. The van der Waals surface area contributed by atoms with E-state index in [0.717, 1.165) is 44.1 Å². The molecule has 0 radical (unpaired) electrons. The topological polar surface area (TPSA) is 126 Å². The van der Waals surface area contributed by atoms with Gasteiger partial charge in [-0.25, -0.2) is 4.99 Å². The van der Waals surface area contributed by atoms with Gasteiger partial charge < -0.3 is 25.2 Å². The molecule has 1 aromatic carbocycles. The molecule has 0 aromatic heterocycles. The lowest BCUT2D eigenvalue weighted by atomic mass is 10.00. The number of carbonyl (C=O) groups is 2. The van der Waals surface area contributed by atoms with Gasteiger partial charge in [0.15, 0.2) is 17.5 Å². The zero-order valence-electron chi connectivity index (χ0n) is 17.5. The van der Waals surface area contributed by atoms with Crippen molar-refractivity contribution in [3.8, 4) is 11.5 Å². The van der Waals surface area contributed by atoms with E-state index in [9.17, 15) is 9.59 Å². The van der Waals surface area contributed by atoms with Crippen LogP contribution in [-0.4, -0.2) is 54.1 Å². The van der Waals surface area contributed by atoms with Crippen LogP contribution in [0.2, 0.25) is 0 Å². The lowest BCUT2D eigenvalue weighted by molar-refractivity contribution is -0.131. The Hall–Kier alpha value is -2.81. The molecule has 3 rings (SSSR count). The first-order valence-corrected chi connectivity index (χ1v) is 10.4. The minimum atomic E-state index is -1.10. The van der Waals surface area contributed by atoms with Crippen molar-refractivity contribution in [2.45, 2.75) is 57.5 Å². The van der Waals surface area contributed by atoms with Crippen LogP contribution in [0.3, 0.4) is 0 Å². The lowest BCUT2D eigenvalue weighted by Crippen LogP contribution is -2.47. The number of aliphatic hydroxyl groups is 1. The second-order valence-corrected chi connectivity index (χ2v) is 7.54. The molecule has 30 heavy (non-hydrogen) atoms. The Labute approximate surface area is 176 Å². The molecule has 0 spiro atoms. The first-order valence-electron chi connectivity index (χ1n) is 10.4. The van der Waals surface area contributed by atoms with Gasteiger partial charge in [-0.15, -0.1) is 0 Å². The molecule has 2 unspecified atom stereocenters. The zero-order valence-corrected chi connectivity index (χ0v) is 17.5. The number of unbranched alkanes of at least 4 members (excludes halogenated alkanes) is 5. The number of rotatable bonds is 11. The lowest BCUT2D eigenvalue weighted by Gasteiger charge is -2.34. The number of benzene rings is 1. The molecule has 2 aliphatic rings. The van der Waals surface area contributed by atoms with Gasteiger partial charge in [0.25, 0.3) is 5.91 Å². The van der Waals surface area contributed by atoms with Gasteiger partial charge in [0, 0.05) is 12.2 Å². The van der Waals surface area contributed by atoms with Gasteiger partial charge >= 0.3 is 0 Å². The number of carbonyl (C=O) groups excluding carboxylic acids is 2. The van der Waals surface area contributed by atoms with Crippen LogP contribution in [-0.2, 0) is 9.59 Å². The van der Waals surface area contributed by atoms with Gasteiger partial charge in [0.2, 0.25) is 11.9 Å². The number of nitrogens with one attached hydrogen (secondary N) is 1. The SMILES string of the molecule is COc1c(OCCCCCCCCO)ccc2c1C(C)N1C(=N2)NC(=O)C1C(N)=O. The standard InChI is InChI=1S/C21H30N4O5/c1-13-16-14(23-21-24-20(28)17(19(22)27)25(13)21)9-10-15(18(16)29-2)30-12-8-6-4-3-5-7-11-26/h9-10,13,17,26H,3-8,11-12H2,1-2H3,(H2,22,27)(H,23,24,28). The van der Waals surface area contributed by atoms with Crippen LogP contribution in [0, 0.1) is 0 Å². The normalized spacial score (nSPS) is 19.6. The van der Waals surface area contributed by atoms with Crippen molar-refractivity contribution in [2.75, 3.05) is 20.3 Å². The summed E-state index contributed by atoms with van der Waals surface area (Å²) in [6, 6.07) is 2.18. The highest BCUT2D eigenvalue weighted by Crippen LogP contribution is 2.46. The van der Waals surface area contributed by atoms with Crippen LogP contribution >= 0.6 is 0 Å². The van der Waals surface area contributed by atoms with Crippen molar-refractivity contribution in [3.05, 3.63) is 17.7 Å². The Morgan fingerprint density at radius 1 is 1.23 bits per heavy atom. The molecule has 0 aliphatic carbocycles. The number of guanidine groups is 1. The number of fused-ring (bicyclic) bond motifs is 2. The molecule has 2 atom stereocenters. The summed E-state index contributed by atoms with van der Waals surface area (Å²) in [6.07, 6.45) is 6.13. The van der Waals surface area contributed by atoms with Crippen molar-refractivity contribution in [3.63, 3.8) is 0 Å². The first-order chi connectivity index (χ1) is 14.5. The number of ether oxygens (including phenoxy) is 2. The van der Waals surface area contributed by atoms with Gasteiger partial charge in [-0.3, -0.25) is 14.9 Å². The van der Waals surface area contributed by atoms with E-state index >= 15 is 0 Å². The summed E-state index contributed by atoms with van der Waals surface area (Å²) >= 11 is 0. The van der Waals surface area contributed by atoms with E-state index in [-0.39, 0.29) is 12.6 Å². The van der Waals surface area contributed by atoms with Crippen LogP contribution in [0.15, 0.2) is 17.1 Å². The quantitative estimate of drug-likeness (QED) is 0.371. The molecule has 9 heteroatoms. The van der Waals surface area contributed by atoms with Gasteiger partial charge in [0.1, 0.15) is 0 Å². The third-order valence-corrected chi connectivity index (χ3v) is 5.49. The third-order valence-electron chi connectivity index (χ3n) is 5.49. The van der Waals surface area contributed by atoms with Crippen LogP contribution in [0.25, 0.3) is 0 Å². The monoisotopic (exact) mass is 418 g/mol. The van der Waals surface area contributed by atoms with Crippen molar-refractivity contribution in [2.24, 2.45) is 10.7 Å². The summed E-state index contributed by atoms with van der Waals surface area (Å²) < 4.78 is 11.6. The number of amides is 2. The fraction of sp³-hybridized carbons (Fsp3) is 0.571. The maximum absolute atomic E-state index is 12.2. The summed E-state index contributed by atoms with van der Waals surface area (Å²) in [5.74, 6) is 0.277. The van der Waals surface area contributed by atoms with Crippen molar-refractivity contribution in [1.82, 2.24) is 10.2 Å². The minimum absolute atomic E-state index is 0.257. The number of aliphatic hydroxyl groups excluding tert-OH is 1. The van der Waals surface area contributed by atoms with E-state index in [2.05, 4.69) is 10.3 Å². The van der Waals surface area contributed by atoms with Crippen LogP contribution in [0.1, 0.15) is 57.1 Å². The summed E-state index contributed by atoms with van der Waals surface area (Å²) in [4.78, 5) is 30.1. The summed E-state index contributed by atoms with van der Waals surface area (Å²) in [6.45, 7) is 2.70. The van der Waals surface area contributed by atoms with Crippen LogP contribution in [0.4, 0.5) is 5.69 Å². The van der Waals surface area contributed by atoms with Gasteiger partial charge in [-0.05, 0) is 31.9 Å². The highest BCUT2D eigenvalue weighted by molar-refractivity contribution is 6.17. The highest BCUT2D eigenvalue weighted by Gasteiger charge is 2.46. The minimum Gasteiger partial charge on any atom is -0.492 e. The van der Waals surface area contributed by atoms with Crippen molar-refractivity contribution >= 4 is 23.5 Å². The zero-order chi connectivity index (χ0) is 21.7. The fourth-order valence-corrected chi connectivity index (χ4v) is 4.00. The molecule has 1 aromatic rings. The number of aliphatic imine (C=N–C) groups is 1. The number of primary amides is 1. The molecular formula is C21H30N4O5. The molecule has 9 nitrogen and oxygen atoms in total. The number of methoxy groups -OCH3 is 1. The Morgan fingerprint density at radius 2 is 1.93 bits per heavy atom. The number of nitrogens with two attached hydrogens (primary N) is 1. The molecule has 0 saturated carbocycles. The molecule has 0 bridgehead atoms. The van der Waals surface area contributed by atoms with Gasteiger partial charge in [-0.1, -0.05) is 25.7 Å². The molecule has 2 heterocycles. The Bertz CT molecular complexity index is 826. The highest BCUT2D eigenvalue weighted by atomic mass is 16.5. The predicted molar refractivity (Wildman–Crippen MR) is 112 cm³/mol. The number of nitrogens with zero attached hydrogens (tertiary/aromatic N) is 2.